The Balaban J connectivity index is 2.41. The van der Waals surface area contributed by atoms with Crippen molar-refractivity contribution < 1.29 is 9.90 Å². The van der Waals surface area contributed by atoms with Gasteiger partial charge in [-0.1, -0.05) is 41.5 Å². The van der Waals surface area contributed by atoms with E-state index in [0.29, 0.717) is 0 Å². The molecule has 2 rings (SSSR count). The normalized spacial score (nSPS) is 32.6. The van der Waals surface area contributed by atoms with Gasteiger partial charge in [0.25, 0.3) is 0 Å². The maximum Gasteiger partial charge on any atom is 0.146 e. The first-order chi connectivity index (χ1) is 10.4. The summed E-state index contributed by atoms with van der Waals surface area (Å²) in [5.41, 5.74) is 4.46. The van der Waals surface area contributed by atoms with Gasteiger partial charge in [-0.3, -0.25) is 4.79 Å². The number of hydrogen-bond donors (Lipinski definition) is 1. The molecule has 0 aromatic heterocycles. The second-order valence-electron chi connectivity index (χ2n) is 7.01. The van der Waals surface area contributed by atoms with Crippen LogP contribution in [-0.4, -0.2) is 17.5 Å². The van der Waals surface area contributed by atoms with Gasteiger partial charge in [-0.05, 0) is 57.9 Å². The van der Waals surface area contributed by atoms with E-state index < -0.39 is 6.10 Å². The van der Waals surface area contributed by atoms with Crippen LogP contribution in [0.4, 0.5) is 0 Å². The molecule has 0 fully saturated rings. The average molecular weight is 300 g/mol. The Morgan fingerprint density at radius 1 is 1.36 bits per heavy atom. The summed E-state index contributed by atoms with van der Waals surface area (Å²) >= 11 is 0. The summed E-state index contributed by atoms with van der Waals surface area (Å²) in [5.74, 6) is 0.00590. The molecule has 22 heavy (non-hydrogen) atoms. The number of rotatable bonds is 2. The molecule has 1 N–H and O–H groups in total. The molecular formula is C20H28O2. The number of aliphatic hydroxyl groups is 1. The standard InChI is InChI=1S/C20H28O2/c1-13(2)10-16-11-17(12-21)18-9-8-14(3)6-5-7-15(4)19(18)20(16)22/h6,10-12,16,18-20,22H,4-5,7-9H2,1-3H3. The van der Waals surface area contributed by atoms with Crippen LogP contribution >= 0.6 is 0 Å². The maximum atomic E-state index is 11.6. The van der Waals surface area contributed by atoms with Crippen molar-refractivity contribution in [1.29, 1.82) is 0 Å². The van der Waals surface area contributed by atoms with E-state index >= 15 is 0 Å². The van der Waals surface area contributed by atoms with E-state index in [1.165, 1.54) is 5.57 Å². The number of carbonyl (C=O) groups is 1. The Morgan fingerprint density at radius 3 is 2.73 bits per heavy atom. The lowest BCUT2D eigenvalue weighted by Gasteiger charge is -2.39. The van der Waals surface area contributed by atoms with Crippen LogP contribution < -0.4 is 0 Å². The second kappa shape index (κ2) is 7.23. The third-order valence-corrected chi connectivity index (χ3v) is 4.95. The van der Waals surface area contributed by atoms with Crippen LogP contribution in [0.1, 0.15) is 46.5 Å². The van der Waals surface area contributed by atoms with Crippen LogP contribution in [0.2, 0.25) is 0 Å². The van der Waals surface area contributed by atoms with Gasteiger partial charge in [0.15, 0.2) is 0 Å². The molecule has 2 nitrogen and oxygen atoms in total. The summed E-state index contributed by atoms with van der Waals surface area (Å²) in [4.78, 5) is 11.6. The van der Waals surface area contributed by atoms with Gasteiger partial charge in [0.05, 0.1) is 6.10 Å². The molecule has 4 atom stereocenters. The fourth-order valence-electron chi connectivity index (χ4n) is 3.82. The number of hydrogen-bond acceptors (Lipinski definition) is 2. The molecule has 0 amide bonds. The second-order valence-corrected chi connectivity index (χ2v) is 7.01. The van der Waals surface area contributed by atoms with Gasteiger partial charge in [-0.15, -0.1) is 0 Å². The fraction of sp³-hybridized carbons (Fsp3) is 0.550. The highest BCUT2D eigenvalue weighted by molar-refractivity contribution is 5.75. The first kappa shape index (κ1) is 17.0. The Morgan fingerprint density at radius 2 is 2.09 bits per heavy atom. The molecule has 4 unspecified atom stereocenters. The predicted molar refractivity (Wildman–Crippen MR) is 91.4 cm³/mol. The Hall–Kier alpha value is -1.41. The molecule has 0 bridgehead atoms. The van der Waals surface area contributed by atoms with Crippen molar-refractivity contribution >= 4 is 6.29 Å². The molecule has 0 saturated heterocycles. The Bertz CT molecular complexity index is 532. The molecule has 0 radical (unpaired) electrons. The van der Waals surface area contributed by atoms with Crippen molar-refractivity contribution in [2.45, 2.75) is 52.6 Å². The van der Waals surface area contributed by atoms with Crippen molar-refractivity contribution in [1.82, 2.24) is 0 Å². The van der Waals surface area contributed by atoms with Crippen LogP contribution in [-0.2, 0) is 4.79 Å². The van der Waals surface area contributed by atoms with E-state index in [1.54, 1.807) is 0 Å². The van der Waals surface area contributed by atoms with Crippen LogP contribution in [0.5, 0.6) is 0 Å². The highest BCUT2D eigenvalue weighted by atomic mass is 16.3. The van der Waals surface area contributed by atoms with Crippen molar-refractivity contribution in [3.63, 3.8) is 0 Å². The van der Waals surface area contributed by atoms with Crippen LogP contribution in [0.25, 0.3) is 0 Å². The molecule has 2 heteroatoms. The van der Waals surface area contributed by atoms with Gasteiger partial charge >= 0.3 is 0 Å². The van der Waals surface area contributed by atoms with Gasteiger partial charge in [-0.2, -0.15) is 0 Å². The number of aldehydes is 1. The average Bonchev–Trinajstić information content (AvgIpc) is 2.52. The molecule has 0 aliphatic heterocycles. The first-order valence-corrected chi connectivity index (χ1v) is 8.27. The lowest BCUT2D eigenvalue weighted by molar-refractivity contribution is -0.106. The van der Waals surface area contributed by atoms with E-state index in [9.17, 15) is 9.90 Å². The fourth-order valence-corrected chi connectivity index (χ4v) is 3.82. The minimum Gasteiger partial charge on any atom is -0.392 e. The molecule has 120 valence electrons. The minimum absolute atomic E-state index is 0.00917. The van der Waals surface area contributed by atoms with E-state index in [0.717, 1.165) is 48.7 Å². The molecule has 0 saturated carbocycles. The first-order valence-electron chi connectivity index (χ1n) is 8.27. The summed E-state index contributed by atoms with van der Waals surface area (Å²) in [6.45, 7) is 10.5. The van der Waals surface area contributed by atoms with Gasteiger partial charge in [0.1, 0.15) is 6.29 Å². The number of allylic oxidation sites excluding steroid dienone is 4. The van der Waals surface area contributed by atoms with Crippen molar-refractivity contribution in [2.24, 2.45) is 17.8 Å². The highest BCUT2D eigenvalue weighted by Gasteiger charge is 2.39. The number of carbonyl (C=O) groups excluding carboxylic acids is 1. The molecule has 2 aliphatic rings. The maximum absolute atomic E-state index is 11.6. The van der Waals surface area contributed by atoms with Gasteiger partial charge < -0.3 is 5.11 Å². The van der Waals surface area contributed by atoms with Gasteiger partial charge in [-0.25, -0.2) is 0 Å². The zero-order chi connectivity index (χ0) is 16.3. The summed E-state index contributed by atoms with van der Waals surface area (Å²) in [5, 5.41) is 10.9. The topological polar surface area (TPSA) is 37.3 Å². The third kappa shape index (κ3) is 3.67. The van der Waals surface area contributed by atoms with Crippen LogP contribution in [0, 0.1) is 17.8 Å². The van der Waals surface area contributed by atoms with Crippen LogP contribution in [0.15, 0.2) is 47.1 Å². The SMILES string of the molecule is C=C1CCC=C(C)CCC2C(C=O)=CC(C=C(C)C)C(O)C12. The summed E-state index contributed by atoms with van der Waals surface area (Å²) in [6.07, 6.45) is 10.6. The molecule has 0 aromatic rings. The van der Waals surface area contributed by atoms with Crippen molar-refractivity contribution in [3.8, 4) is 0 Å². The third-order valence-electron chi connectivity index (χ3n) is 4.95. The molecular weight excluding hydrogens is 272 g/mol. The summed E-state index contributed by atoms with van der Waals surface area (Å²) in [6, 6.07) is 0. The van der Waals surface area contributed by atoms with Crippen molar-refractivity contribution in [3.05, 3.63) is 47.1 Å². The van der Waals surface area contributed by atoms with Gasteiger partial charge in [0, 0.05) is 11.8 Å². The highest BCUT2D eigenvalue weighted by Crippen LogP contribution is 2.42. The largest absolute Gasteiger partial charge is 0.392 e. The molecule has 0 spiro atoms. The molecule has 0 heterocycles. The minimum atomic E-state index is -0.477. The van der Waals surface area contributed by atoms with Crippen LogP contribution in [0.3, 0.4) is 0 Å². The molecule has 0 aromatic carbocycles. The predicted octanol–water partition coefficient (Wildman–Crippen LogP) is 4.38. The van der Waals surface area contributed by atoms with Crippen molar-refractivity contribution in [2.75, 3.05) is 0 Å². The Kier molecular flexibility index (Phi) is 5.57. The quantitative estimate of drug-likeness (QED) is 0.607. The van der Waals surface area contributed by atoms with E-state index in [4.69, 9.17) is 0 Å². The lowest BCUT2D eigenvalue weighted by Crippen LogP contribution is -2.39. The lowest BCUT2D eigenvalue weighted by atomic mass is 9.67. The van der Waals surface area contributed by atoms with Gasteiger partial charge in [0.2, 0.25) is 0 Å². The number of fused-ring (bicyclic) bond motifs is 1. The monoisotopic (exact) mass is 300 g/mol. The smallest absolute Gasteiger partial charge is 0.146 e. The zero-order valence-corrected chi connectivity index (χ0v) is 14.0. The number of aliphatic hydroxyl groups excluding tert-OH is 1. The summed E-state index contributed by atoms with van der Waals surface area (Å²) in [7, 11) is 0. The zero-order valence-electron chi connectivity index (χ0n) is 14.0. The summed E-state index contributed by atoms with van der Waals surface area (Å²) < 4.78 is 0. The van der Waals surface area contributed by atoms with E-state index in [1.807, 2.05) is 19.9 Å². The van der Waals surface area contributed by atoms with E-state index in [-0.39, 0.29) is 17.8 Å². The Labute approximate surface area is 134 Å². The molecule has 2 aliphatic carbocycles. The van der Waals surface area contributed by atoms with E-state index in [2.05, 4.69) is 25.7 Å².